The van der Waals surface area contributed by atoms with E-state index in [9.17, 15) is 4.79 Å². The summed E-state index contributed by atoms with van der Waals surface area (Å²) in [5, 5.41) is 0. The molecule has 0 radical (unpaired) electrons. The van der Waals surface area contributed by atoms with E-state index >= 15 is 0 Å². The van der Waals surface area contributed by atoms with Crippen LogP contribution in [0.1, 0.15) is 42.5 Å². The summed E-state index contributed by atoms with van der Waals surface area (Å²) in [6.07, 6.45) is 1.04. The van der Waals surface area contributed by atoms with E-state index < -0.39 is 0 Å². The van der Waals surface area contributed by atoms with Crippen LogP contribution in [-0.4, -0.2) is 28.3 Å². The first kappa shape index (κ1) is 11.3. The van der Waals surface area contributed by atoms with Crippen LogP contribution in [0.5, 0.6) is 0 Å². The number of hydrogen-bond acceptors (Lipinski definition) is 3. The molecule has 0 saturated heterocycles. The van der Waals surface area contributed by atoms with Gasteiger partial charge in [-0.1, -0.05) is 6.07 Å². The maximum absolute atomic E-state index is 11.3. The second-order valence-electron chi connectivity index (χ2n) is 4.67. The van der Waals surface area contributed by atoms with Crippen LogP contribution < -0.4 is 0 Å². The molecule has 0 N–H and O–H groups in total. The van der Waals surface area contributed by atoms with Crippen molar-refractivity contribution < 1.29 is 4.79 Å². The van der Waals surface area contributed by atoms with Gasteiger partial charge in [-0.25, -0.2) is 4.98 Å². The Hall–Kier alpha value is -1.22. The van der Waals surface area contributed by atoms with E-state index in [0.717, 1.165) is 25.2 Å². The van der Waals surface area contributed by atoms with E-state index in [0.29, 0.717) is 11.7 Å². The second kappa shape index (κ2) is 4.34. The quantitative estimate of drug-likeness (QED) is 0.712. The molecule has 3 nitrogen and oxygen atoms in total. The minimum Gasteiger partial charge on any atom is -0.295 e. The summed E-state index contributed by atoms with van der Waals surface area (Å²) < 4.78 is 0. The number of hydrogen-bond donors (Lipinski definition) is 0. The highest BCUT2D eigenvalue weighted by atomic mass is 16.1. The monoisotopic (exact) mass is 218 g/mol. The average Bonchev–Trinajstić information content (AvgIpc) is 2.27. The molecular formula is C13H18N2O. The zero-order valence-electron chi connectivity index (χ0n) is 10.2. The molecule has 0 atom stereocenters. The van der Waals surface area contributed by atoms with Gasteiger partial charge in [0.15, 0.2) is 5.78 Å². The molecular weight excluding hydrogens is 200 g/mol. The molecule has 0 saturated carbocycles. The third-order valence-electron chi connectivity index (χ3n) is 3.18. The number of aromatic nitrogens is 1. The lowest BCUT2D eigenvalue weighted by atomic mass is 10.0. The number of carbonyl (C=O) groups excluding carboxylic acids is 1. The molecule has 0 unspecified atom stereocenters. The molecule has 0 fully saturated rings. The summed E-state index contributed by atoms with van der Waals surface area (Å²) in [4.78, 5) is 18.1. The van der Waals surface area contributed by atoms with Gasteiger partial charge in [-0.3, -0.25) is 9.69 Å². The molecule has 1 aromatic heterocycles. The molecule has 1 aromatic rings. The lowest BCUT2D eigenvalue weighted by Crippen LogP contribution is -2.36. The van der Waals surface area contributed by atoms with Crippen LogP contribution in [0, 0.1) is 0 Å². The molecule has 0 spiro atoms. The molecule has 0 aliphatic carbocycles. The van der Waals surface area contributed by atoms with E-state index in [2.05, 4.69) is 29.8 Å². The summed E-state index contributed by atoms with van der Waals surface area (Å²) in [5.74, 6) is 0.0458. The summed E-state index contributed by atoms with van der Waals surface area (Å²) in [6, 6.07) is 4.43. The Morgan fingerprint density at radius 3 is 2.81 bits per heavy atom. The van der Waals surface area contributed by atoms with Crippen molar-refractivity contribution in [3.05, 3.63) is 29.1 Å². The van der Waals surface area contributed by atoms with Crippen molar-refractivity contribution in [1.82, 2.24) is 9.88 Å². The fraction of sp³-hybridized carbons (Fsp3) is 0.538. The fourth-order valence-electron chi connectivity index (χ4n) is 2.07. The molecule has 0 aromatic carbocycles. The molecule has 86 valence electrons. The Bertz CT molecular complexity index is 412. The van der Waals surface area contributed by atoms with Crippen LogP contribution in [0.25, 0.3) is 0 Å². The zero-order valence-corrected chi connectivity index (χ0v) is 10.2. The lowest BCUT2D eigenvalue weighted by molar-refractivity contribution is 0.101. The number of ketones is 1. The number of Topliss-reactive ketones (excluding diaryl/α,β-unsaturated/α-hetero) is 1. The van der Waals surface area contributed by atoms with Gasteiger partial charge in [0, 0.05) is 26.1 Å². The highest BCUT2D eigenvalue weighted by molar-refractivity contribution is 5.92. The van der Waals surface area contributed by atoms with Gasteiger partial charge < -0.3 is 0 Å². The molecule has 1 aliphatic heterocycles. The van der Waals surface area contributed by atoms with Gasteiger partial charge in [-0.15, -0.1) is 0 Å². The smallest absolute Gasteiger partial charge is 0.178 e. The Morgan fingerprint density at radius 2 is 2.19 bits per heavy atom. The van der Waals surface area contributed by atoms with Crippen molar-refractivity contribution in [2.75, 3.05) is 6.54 Å². The van der Waals surface area contributed by atoms with Crippen LogP contribution in [-0.2, 0) is 13.0 Å². The first-order chi connectivity index (χ1) is 7.58. The van der Waals surface area contributed by atoms with Gasteiger partial charge in [-0.05, 0) is 31.9 Å². The normalized spacial score (nSPS) is 16.2. The van der Waals surface area contributed by atoms with E-state index in [1.165, 1.54) is 5.56 Å². The largest absolute Gasteiger partial charge is 0.295 e. The van der Waals surface area contributed by atoms with E-state index in [-0.39, 0.29) is 5.78 Å². The number of carbonyl (C=O) groups is 1. The predicted molar refractivity (Wildman–Crippen MR) is 63.5 cm³/mol. The Kier molecular flexibility index (Phi) is 3.06. The van der Waals surface area contributed by atoms with E-state index in [1.54, 1.807) is 6.92 Å². The summed E-state index contributed by atoms with van der Waals surface area (Å²) in [6.45, 7) is 7.91. The molecule has 0 bridgehead atoms. The predicted octanol–water partition coefficient (Wildman–Crippen LogP) is 2.05. The van der Waals surface area contributed by atoms with E-state index in [4.69, 9.17) is 0 Å². The Labute approximate surface area is 96.5 Å². The fourth-order valence-corrected chi connectivity index (χ4v) is 2.07. The van der Waals surface area contributed by atoms with Crippen molar-refractivity contribution >= 4 is 5.78 Å². The average molecular weight is 218 g/mol. The zero-order chi connectivity index (χ0) is 11.7. The topological polar surface area (TPSA) is 33.2 Å². The maximum atomic E-state index is 11.3. The maximum Gasteiger partial charge on any atom is 0.178 e. The number of fused-ring (bicyclic) bond motifs is 1. The van der Waals surface area contributed by atoms with Crippen LogP contribution in [0.2, 0.25) is 0 Å². The van der Waals surface area contributed by atoms with Crippen molar-refractivity contribution in [3.63, 3.8) is 0 Å². The summed E-state index contributed by atoms with van der Waals surface area (Å²) in [7, 11) is 0. The minimum absolute atomic E-state index is 0.0458. The third-order valence-corrected chi connectivity index (χ3v) is 3.18. The third kappa shape index (κ3) is 2.14. The van der Waals surface area contributed by atoms with Crippen molar-refractivity contribution in [1.29, 1.82) is 0 Å². The molecule has 0 amide bonds. The molecule has 1 aliphatic rings. The van der Waals surface area contributed by atoms with Crippen LogP contribution in [0.4, 0.5) is 0 Å². The summed E-state index contributed by atoms with van der Waals surface area (Å²) >= 11 is 0. The molecule has 16 heavy (non-hydrogen) atoms. The van der Waals surface area contributed by atoms with Crippen LogP contribution >= 0.6 is 0 Å². The molecule has 2 heterocycles. The SMILES string of the molecule is CC(=O)c1ccc2c(n1)CN(C(C)C)CC2. The van der Waals surface area contributed by atoms with Crippen molar-refractivity contribution in [2.45, 2.75) is 39.8 Å². The first-order valence-electron chi connectivity index (χ1n) is 5.81. The van der Waals surface area contributed by atoms with Gasteiger partial charge in [0.2, 0.25) is 0 Å². The van der Waals surface area contributed by atoms with Crippen molar-refractivity contribution in [3.8, 4) is 0 Å². The van der Waals surface area contributed by atoms with Gasteiger partial charge in [0.05, 0.1) is 5.69 Å². The lowest BCUT2D eigenvalue weighted by Gasteiger charge is -2.31. The Morgan fingerprint density at radius 1 is 1.44 bits per heavy atom. The van der Waals surface area contributed by atoms with Gasteiger partial charge >= 0.3 is 0 Å². The highest BCUT2D eigenvalue weighted by Gasteiger charge is 2.20. The second-order valence-corrected chi connectivity index (χ2v) is 4.67. The van der Waals surface area contributed by atoms with Crippen LogP contribution in [0.15, 0.2) is 12.1 Å². The minimum atomic E-state index is 0.0458. The number of rotatable bonds is 2. The number of nitrogens with zero attached hydrogens (tertiary/aromatic N) is 2. The van der Waals surface area contributed by atoms with Gasteiger partial charge in [-0.2, -0.15) is 0 Å². The van der Waals surface area contributed by atoms with E-state index in [1.807, 2.05) is 6.07 Å². The van der Waals surface area contributed by atoms with Crippen LogP contribution in [0.3, 0.4) is 0 Å². The number of pyridine rings is 1. The van der Waals surface area contributed by atoms with Gasteiger partial charge in [0.1, 0.15) is 5.69 Å². The molecule has 2 rings (SSSR count). The molecule has 3 heteroatoms. The first-order valence-corrected chi connectivity index (χ1v) is 5.81. The highest BCUT2D eigenvalue weighted by Crippen LogP contribution is 2.19. The van der Waals surface area contributed by atoms with Crippen molar-refractivity contribution in [2.24, 2.45) is 0 Å². The Balaban J connectivity index is 2.28. The van der Waals surface area contributed by atoms with Gasteiger partial charge in [0.25, 0.3) is 0 Å². The standard InChI is InChI=1S/C13H18N2O/c1-9(2)15-7-6-11-4-5-12(10(3)16)14-13(11)8-15/h4-5,9H,6-8H2,1-3H3. The summed E-state index contributed by atoms with van der Waals surface area (Å²) in [5.41, 5.74) is 2.96.